The van der Waals surface area contributed by atoms with Crippen LogP contribution in [0.5, 0.6) is 5.75 Å². The average Bonchev–Trinajstić information content (AvgIpc) is 3.26. The van der Waals surface area contributed by atoms with E-state index in [9.17, 15) is 4.39 Å². The summed E-state index contributed by atoms with van der Waals surface area (Å²) in [5.74, 6) is 1.34. The number of aryl methyl sites for hydroxylation is 1. The smallest absolute Gasteiger partial charge is 0.146 e. The van der Waals surface area contributed by atoms with E-state index in [0.717, 1.165) is 44.2 Å². The summed E-state index contributed by atoms with van der Waals surface area (Å²) in [4.78, 5) is 6.72. The standard InChI is InChI=1S/C26H27FIN3O3/c1-17-13-30(16-29-17)22-10-5-19(11-23(22)32-4)12-24-25-28-33-15-26(3,31(25)14-18(2)34-24)20-6-8-21(27)9-7-20/h5-13,16,18H,14-15H2,1-4H3/b24-12-. The first kappa shape index (κ1) is 23.2. The zero-order valence-corrected chi connectivity index (χ0v) is 21.7. The van der Waals surface area contributed by atoms with Crippen molar-refractivity contribution in [3.63, 3.8) is 0 Å². The fourth-order valence-corrected chi connectivity index (χ4v) is 6.90. The number of hydrogen-bond donors (Lipinski definition) is 0. The molecule has 0 radical (unpaired) electrons. The minimum atomic E-state index is -0.683. The summed E-state index contributed by atoms with van der Waals surface area (Å²) >= 11 is -0.683. The molecule has 2 aliphatic heterocycles. The van der Waals surface area contributed by atoms with Crippen LogP contribution in [0.4, 0.5) is 4.39 Å². The maximum atomic E-state index is 13.6. The number of aromatic nitrogens is 2. The van der Waals surface area contributed by atoms with Gasteiger partial charge in [0.05, 0.1) is 58.1 Å². The van der Waals surface area contributed by atoms with E-state index in [0.29, 0.717) is 6.61 Å². The predicted molar refractivity (Wildman–Crippen MR) is 139 cm³/mol. The third-order valence-corrected chi connectivity index (χ3v) is 8.38. The number of nitrogens with zero attached hydrogens (tertiary/aromatic N) is 3. The number of ether oxygens (including phenoxy) is 2. The molecule has 0 N–H and O–H groups in total. The largest absolute Gasteiger partial charge is 0.495 e. The Kier molecular flexibility index (Phi) is 6.30. The molecule has 0 aliphatic carbocycles. The van der Waals surface area contributed by atoms with Gasteiger partial charge in [-0.3, -0.25) is 0 Å². The quantitative estimate of drug-likeness (QED) is 0.393. The number of benzene rings is 2. The summed E-state index contributed by atoms with van der Waals surface area (Å²) in [7, 11) is 1.67. The van der Waals surface area contributed by atoms with E-state index < -0.39 is 21.1 Å². The fraction of sp³-hybridized carbons (Fsp3) is 0.308. The highest BCUT2D eigenvalue weighted by atomic mass is 127. The highest BCUT2D eigenvalue weighted by Gasteiger charge is 2.44. The lowest BCUT2D eigenvalue weighted by Crippen LogP contribution is -2.57. The van der Waals surface area contributed by atoms with Gasteiger partial charge in [-0.05, 0) is 62.2 Å². The third kappa shape index (κ3) is 4.30. The van der Waals surface area contributed by atoms with Gasteiger partial charge in [-0.25, -0.2) is 14.3 Å². The average molecular weight is 575 g/mol. The van der Waals surface area contributed by atoms with Gasteiger partial charge in [0.15, 0.2) is 0 Å². The van der Waals surface area contributed by atoms with Gasteiger partial charge in [-0.2, -0.15) is 0 Å². The third-order valence-electron chi connectivity index (χ3n) is 6.22. The summed E-state index contributed by atoms with van der Waals surface area (Å²) in [6, 6.07) is 12.8. The van der Waals surface area contributed by atoms with Gasteiger partial charge in [-0.1, -0.05) is 18.2 Å². The van der Waals surface area contributed by atoms with Crippen molar-refractivity contribution in [2.75, 3.05) is 20.3 Å². The summed E-state index contributed by atoms with van der Waals surface area (Å²) in [5.41, 5.74) is 3.49. The molecule has 3 heterocycles. The van der Waals surface area contributed by atoms with Crippen LogP contribution in [0, 0.1) is 12.7 Å². The molecule has 2 unspecified atom stereocenters. The van der Waals surface area contributed by atoms with Gasteiger partial charge in [0.25, 0.3) is 0 Å². The summed E-state index contributed by atoms with van der Waals surface area (Å²) in [6.45, 7) is 7.52. The maximum absolute atomic E-state index is 13.6. The Labute approximate surface area is 209 Å². The van der Waals surface area contributed by atoms with E-state index in [2.05, 4.69) is 35.9 Å². The number of halogens is 2. The van der Waals surface area contributed by atoms with Crippen molar-refractivity contribution < 1.29 is 16.9 Å². The molecule has 1 aromatic heterocycles. The van der Waals surface area contributed by atoms with Crippen LogP contribution in [-0.4, -0.2) is 44.4 Å². The van der Waals surface area contributed by atoms with Gasteiger partial charge in [0.2, 0.25) is 0 Å². The van der Waals surface area contributed by atoms with Crippen molar-refractivity contribution in [2.45, 2.75) is 32.4 Å². The van der Waals surface area contributed by atoms with Crippen LogP contribution in [-0.2, 0) is 13.3 Å². The van der Waals surface area contributed by atoms with Crippen LogP contribution < -0.4 is 4.74 Å². The highest BCUT2D eigenvalue weighted by molar-refractivity contribution is 14.2. The van der Waals surface area contributed by atoms with E-state index in [1.165, 1.54) is 12.1 Å². The van der Waals surface area contributed by atoms with Crippen molar-refractivity contribution in [3.8, 4) is 11.4 Å². The van der Waals surface area contributed by atoms with Crippen LogP contribution in [0.15, 0.2) is 60.7 Å². The molecule has 6 nitrogen and oxygen atoms in total. The summed E-state index contributed by atoms with van der Waals surface area (Å²) in [5, 5.41) is 0. The molecule has 0 bridgehead atoms. The Morgan fingerprint density at radius 2 is 2.03 bits per heavy atom. The van der Waals surface area contributed by atoms with Crippen LogP contribution in [0.1, 0.15) is 30.7 Å². The molecule has 5 rings (SSSR count). The molecule has 2 aromatic carbocycles. The number of imidazole rings is 1. The lowest BCUT2D eigenvalue weighted by Gasteiger charge is -2.48. The minimum Gasteiger partial charge on any atom is -0.495 e. The zero-order chi connectivity index (χ0) is 23.9. The topological polar surface area (TPSA) is 48.8 Å². The van der Waals surface area contributed by atoms with E-state index >= 15 is 0 Å². The number of morpholine rings is 1. The molecule has 1 saturated heterocycles. The van der Waals surface area contributed by atoms with Gasteiger partial charge >= 0.3 is 0 Å². The second-order valence-electron chi connectivity index (χ2n) is 8.80. The molecule has 0 spiro atoms. The first-order chi connectivity index (χ1) is 16.4. The SMILES string of the molecule is COc1cc(/C=C2\OC(C)CN3C2=IOCC3(C)c2ccc(F)cc2)ccc1-n1cnc(C)c1. The predicted octanol–water partition coefficient (Wildman–Crippen LogP) is 5.35. The molecule has 0 amide bonds. The van der Waals surface area contributed by atoms with E-state index in [-0.39, 0.29) is 17.5 Å². The molecular weight excluding hydrogens is 548 g/mol. The summed E-state index contributed by atoms with van der Waals surface area (Å²) < 4.78 is 34.8. The molecule has 178 valence electrons. The van der Waals surface area contributed by atoms with E-state index in [1.54, 1.807) is 13.4 Å². The Hall–Kier alpha value is -2.56. The highest BCUT2D eigenvalue weighted by Crippen LogP contribution is 2.41. The molecule has 1 fully saturated rings. The Bertz CT molecular complexity index is 1270. The van der Waals surface area contributed by atoms with Crippen molar-refractivity contribution >= 4 is 30.9 Å². The van der Waals surface area contributed by atoms with Crippen molar-refractivity contribution in [2.24, 2.45) is 0 Å². The Morgan fingerprint density at radius 1 is 1.24 bits per heavy atom. The minimum absolute atomic E-state index is 0.00646. The lowest BCUT2D eigenvalue weighted by atomic mass is 9.89. The molecule has 3 aromatic rings. The zero-order valence-electron chi connectivity index (χ0n) is 19.6. The van der Waals surface area contributed by atoms with Crippen molar-refractivity contribution in [3.05, 3.63) is 83.4 Å². The number of rotatable bonds is 4. The van der Waals surface area contributed by atoms with E-state index in [4.69, 9.17) is 12.5 Å². The number of fused-ring (bicyclic) bond motifs is 1. The fourth-order valence-electron chi connectivity index (χ4n) is 4.38. The van der Waals surface area contributed by atoms with Crippen LogP contribution >= 0.6 is 21.1 Å². The van der Waals surface area contributed by atoms with Gasteiger partial charge in [-0.15, -0.1) is 0 Å². The summed E-state index contributed by atoms with van der Waals surface area (Å²) in [6.07, 6.45) is 5.82. The van der Waals surface area contributed by atoms with Gasteiger partial charge in [0.1, 0.15) is 27.1 Å². The monoisotopic (exact) mass is 575 g/mol. The Morgan fingerprint density at radius 3 is 2.74 bits per heavy atom. The molecule has 34 heavy (non-hydrogen) atoms. The van der Waals surface area contributed by atoms with Crippen LogP contribution in [0.2, 0.25) is 0 Å². The lowest BCUT2D eigenvalue weighted by molar-refractivity contribution is 0.0371. The first-order valence-electron chi connectivity index (χ1n) is 11.1. The van der Waals surface area contributed by atoms with Crippen molar-refractivity contribution in [1.82, 2.24) is 14.5 Å². The maximum Gasteiger partial charge on any atom is 0.146 e. The van der Waals surface area contributed by atoms with Crippen LogP contribution in [0.25, 0.3) is 11.8 Å². The van der Waals surface area contributed by atoms with Crippen molar-refractivity contribution in [1.29, 1.82) is 0 Å². The second-order valence-corrected chi connectivity index (χ2v) is 10.9. The molecule has 2 aliphatic rings. The second kappa shape index (κ2) is 9.24. The number of hydrogen-bond acceptors (Lipinski definition) is 5. The first-order valence-corrected chi connectivity index (χ1v) is 13.1. The normalized spacial score (nSPS) is 24.1. The Balaban J connectivity index is 1.51. The molecular formula is C26H27FIN3O3. The van der Waals surface area contributed by atoms with Gasteiger partial charge in [0, 0.05) is 12.7 Å². The molecule has 8 heteroatoms. The number of methoxy groups -OCH3 is 1. The van der Waals surface area contributed by atoms with Crippen LogP contribution in [0.3, 0.4) is 0 Å². The van der Waals surface area contributed by atoms with Gasteiger partial charge < -0.3 is 17.1 Å². The molecule has 2 atom stereocenters. The molecule has 0 saturated carbocycles. The van der Waals surface area contributed by atoms with E-state index in [1.807, 2.05) is 42.0 Å².